The fourth-order valence-electron chi connectivity index (χ4n) is 0.429. The van der Waals surface area contributed by atoms with Crippen molar-refractivity contribution in [2.75, 3.05) is 19.8 Å². The number of ether oxygens (including phenoxy) is 1. The lowest BCUT2D eigenvalue weighted by molar-refractivity contribution is -0.113. The molecule has 0 bridgehead atoms. The van der Waals surface area contributed by atoms with Gasteiger partial charge in [0.2, 0.25) is 0 Å². The molecular weight excluding hydrogens is 132 g/mol. The van der Waals surface area contributed by atoms with Crippen LogP contribution in [0.2, 0.25) is 0 Å². The Morgan fingerprint density at radius 2 is 2.20 bits per heavy atom. The smallest absolute Gasteiger partial charge is 0.145 e. The van der Waals surface area contributed by atoms with Crippen LogP contribution in [0.3, 0.4) is 0 Å². The quantitative estimate of drug-likeness (QED) is 0.446. The van der Waals surface area contributed by atoms with Crippen LogP contribution in [-0.2, 0) is 9.53 Å². The lowest BCUT2D eigenvalue weighted by Crippen LogP contribution is -2.23. The Hall–Kier alpha value is -0.410. The van der Waals surface area contributed by atoms with Gasteiger partial charge >= 0.3 is 0 Å². The predicted octanol–water partition coefficient (Wildman–Crippen LogP) is 0.220. The van der Waals surface area contributed by atoms with Crippen molar-refractivity contribution in [1.82, 2.24) is 0 Å². The second-order valence-corrected chi connectivity index (χ2v) is 3.00. The van der Waals surface area contributed by atoms with Gasteiger partial charge in [-0.05, 0) is 0 Å². The van der Waals surface area contributed by atoms with Crippen LogP contribution in [0.1, 0.15) is 13.8 Å². The number of carbonyl (C=O) groups excluding carboxylic acids is 1. The van der Waals surface area contributed by atoms with E-state index in [2.05, 4.69) is 0 Å². The van der Waals surface area contributed by atoms with Gasteiger partial charge in [0.15, 0.2) is 0 Å². The van der Waals surface area contributed by atoms with E-state index >= 15 is 0 Å². The minimum absolute atomic E-state index is 0.0753. The van der Waals surface area contributed by atoms with Crippen LogP contribution < -0.4 is 0 Å². The van der Waals surface area contributed by atoms with Crippen LogP contribution in [0.4, 0.5) is 0 Å². The molecule has 0 radical (unpaired) electrons. The molecule has 0 aromatic rings. The predicted molar refractivity (Wildman–Crippen MR) is 37.7 cm³/mol. The number of rotatable bonds is 5. The van der Waals surface area contributed by atoms with Gasteiger partial charge in [-0.2, -0.15) is 0 Å². The van der Waals surface area contributed by atoms with Crippen LogP contribution in [0, 0.1) is 5.41 Å². The molecule has 0 aromatic carbocycles. The van der Waals surface area contributed by atoms with Gasteiger partial charge in [-0.25, -0.2) is 0 Å². The highest BCUT2D eigenvalue weighted by Gasteiger charge is 2.15. The summed E-state index contributed by atoms with van der Waals surface area (Å²) in [4.78, 5) is 9.79. The third-order valence-corrected chi connectivity index (χ3v) is 1.11. The highest BCUT2D eigenvalue weighted by molar-refractivity contribution is 5.50. The molecule has 3 nitrogen and oxygen atoms in total. The monoisotopic (exact) mass is 146 g/mol. The molecule has 0 aliphatic heterocycles. The molecule has 0 unspecified atom stereocenters. The lowest BCUT2D eigenvalue weighted by Gasteiger charge is -2.20. The van der Waals surface area contributed by atoms with E-state index in [-0.39, 0.29) is 18.6 Å². The Kier molecular flexibility index (Phi) is 4.23. The van der Waals surface area contributed by atoms with Crippen LogP contribution in [0.25, 0.3) is 0 Å². The molecule has 3 heteroatoms. The SMILES string of the molecule is CC(C)(CO)COCC=O. The van der Waals surface area contributed by atoms with Crippen molar-refractivity contribution in [1.29, 1.82) is 0 Å². The number of aldehydes is 1. The summed E-state index contributed by atoms with van der Waals surface area (Å²) >= 11 is 0. The van der Waals surface area contributed by atoms with Crippen LogP contribution in [-0.4, -0.2) is 31.2 Å². The molecule has 0 spiro atoms. The standard InChI is InChI=1S/C7H14O3/c1-7(2,5-9)6-10-4-3-8/h3,9H,4-6H2,1-2H3. The molecule has 0 aliphatic carbocycles. The molecule has 0 aromatic heterocycles. The zero-order valence-corrected chi connectivity index (χ0v) is 6.46. The van der Waals surface area contributed by atoms with Gasteiger partial charge in [-0.1, -0.05) is 13.8 Å². The molecule has 60 valence electrons. The first kappa shape index (κ1) is 9.59. The number of carbonyl (C=O) groups is 1. The van der Waals surface area contributed by atoms with Gasteiger partial charge in [0.1, 0.15) is 12.9 Å². The molecule has 0 rings (SSSR count). The van der Waals surface area contributed by atoms with Crippen molar-refractivity contribution in [3.05, 3.63) is 0 Å². The number of hydrogen-bond donors (Lipinski definition) is 1. The molecule has 0 fully saturated rings. The summed E-state index contributed by atoms with van der Waals surface area (Å²) in [6.07, 6.45) is 0.702. The Balaban J connectivity index is 3.36. The Labute approximate surface area is 61.0 Å². The Bertz CT molecular complexity index is 99.0. The molecular formula is C7H14O3. The number of hydrogen-bond acceptors (Lipinski definition) is 3. The summed E-state index contributed by atoms with van der Waals surface area (Å²) in [5.41, 5.74) is -0.233. The maximum Gasteiger partial charge on any atom is 0.145 e. The maximum atomic E-state index is 9.79. The minimum atomic E-state index is -0.233. The van der Waals surface area contributed by atoms with Crippen LogP contribution in [0.15, 0.2) is 0 Å². The Morgan fingerprint density at radius 3 is 2.60 bits per heavy atom. The highest BCUT2D eigenvalue weighted by Crippen LogP contribution is 2.12. The van der Waals surface area contributed by atoms with Gasteiger partial charge < -0.3 is 14.6 Å². The first-order valence-corrected chi connectivity index (χ1v) is 3.24. The van der Waals surface area contributed by atoms with E-state index < -0.39 is 0 Å². The van der Waals surface area contributed by atoms with E-state index in [4.69, 9.17) is 9.84 Å². The van der Waals surface area contributed by atoms with Crippen molar-refractivity contribution in [3.63, 3.8) is 0 Å². The van der Waals surface area contributed by atoms with E-state index in [0.29, 0.717) is 12.9 Å². The second kappa shape index (κ2) is 4.41. The largest absolute Gasteiger partial charge is 0.396 e. The van der Waals surface area contributed by atoms with Crippen LogP contribution >= 0.6 is 0 Å². The zero-order chi connectivity index (χ0) is 8.04. The van der Waals surface area contributed by atoms with Crippen molar-refractivity contribution in [2.24, 2.45) is 5.41 Å². The average molecular weight is 146 g/mol. The first-order chi connectivity index (χ1) is 4.62. The molecule has 10 heavy (non-hydrogen) atoms. The van der Waals surface area contributed by atoms with Crippen molar-refractivity contribution < 1.29 is 14.6 Å². The van der Waals surface area contributed by atoms with Crippen molar-refractivity contribution >= 4 is 6.29 Å². The van der Waals surface area contributed by atoms with Crippen molar-refractivity contribution in [3.8, 4) is 0 Å². The molecule has 1 N–H and O–H groups in total. The normalized spacial score (nSPS) is 11.5. The first-order valence-electron chi connectivity index (χ1n) is 3.24. The zero-order valence-electron chi connectivity index (χ0n) is 6.46. The lowest BCUT2D eigenvalue weighted by atomic mass is 9.97. The van der Waals surface area contributed by atoms with Gasteiger partial charge in [0.05, 0.1) is 13.2 Å². The third-order valence-electron chi connectivity index (χ3n) is 1.11. The molecule has 0 amide bonds. The van der Waals surface area contributed by atoms with E-state index in [1.807, 2.05) is 13.8 Å². The molecule has 0 heterocycles. The van der Waals surface area contributed by atoms with E-state index in [0.717, 1.165) is 0 Å². The summed E-state index contributed by atoms with van der Waals surface area (Å²) in [6, 6.07) is 0. The Morgan fingerprint density at radius 1 is 1.60 bits per heavy atom. The van der Waals surface area contributed by atoms with Gasteiger partial charge in [-0.3, -0.25) is 0 Å². The topological polar surface area (TPSA) is 46.5 Å². The van der Waals surface area contributed by atoms with Gasteiger partial charge in [0, 0.05) is 5.41 Å². The van der Waals surface area contributed by atoms with Crippen LogP contribution in [0.5, 0.6) is 0 Å². The molecule has 0 saturated heterocycles. The summed E-state index contributed by atoms with van der Waals surface area (Å²) in [6.45, 7) is 4.35. The number of aliphatic hydroxyl groups is 1. The summed E-state index contributed by atoms with van der Waals surface area (Å²) < 4.78 is 4.91. The van der Waals surface area contributed by atoms with Gasteiger partial charge in [-0.15, -0.1) is 0 Å². The minimum Gasteiger partial charge on any atom is -0.396 e. The highest BCUT2D eigenvalue weighted by atomic mass is 16.5. The summed E-state index contributed by atoms with van der Waals surface area (Å²) in [5.74, 6) is 0. The fourth-order valence-corrected chi connectivity index (χ4v) is 0.429. The van der Waals surface area contributed by atoms with E-state index in [9.17, 15) is 4.79 Å². The maximum absolute atomic E-state index is 9.79. The summed E-state index contributed by atoms with van der Waals surface area (Å²) in [7, 11) is 0. The molecule has 0 atom stereocenters. The second-order valence-electron chi connectivity index (χ2n) is 3.00. The number of aliphatic hydroxyl groups excluding tert-OH is 1. The molecule has 0 aliphatic rings. The van der Waals surface area contributed by atoms with Crippen molar-refractivity contribution in [2.45, 2.75) is 13.8 Å². The van der Waals surface area contributed by atoms with E-state index in [1.165, 1.54) is 0 Å². The fraction of sp³-hybridized carbons (Fsp3) is 0.857. The van der Waals surface area contributed by atoms with Gasteiger partial charge in [0.25, 0.3) is 0 Å². The van der Waals surface area contributed by atoms with E-state index in [1.54, 1.807) is 0 Å². The third kappa shape index (κ3) is 4.47. The molecule has 0 saturated carbocycles. The summed E-state index contributed by atoms with van der Waals surface area (Å²) in [5, 5.41) is 8.73. The average Bonchev–Trinajstić information content (AvgIpc) is 1.89.